The molecule has 1 amide bonds. The number of unbranched alkanes of at least 4 members (excludes halogenated alkanes) is 1. The fourth-order valence-corrected chi connectivity index (χ4v) is 3.19. The maximum Gasteiger partial charge on any atom is 0.277 e. The van der Waals surface area contributed by atoms with Crippen LogP contribution in [-0.4, -0.2) is 27.3 Å². The van der Waals surface area contributed by atoms with Gasteiger partial charge in [0.25, 0.3) is 5.91 Å². The molecule has 0 aliphatic rings. The number of halogens is 1. The zero-order valence-electron chi connectivity index (χ0n) is 16.9. The molecule has 3 aromatic heterocycles. The Morgan fingerprint density at radius 1 is 1.22 bits per heavy atom. The highest BCUT2D eigenvalue weighted by molar-refractivity contribution is 6.30. The lowest BCUT2D eigenvalue weighted by Gasteiger charge is -2.10. The third kappa shape index (κ3) is 4.79. The Kier molecular flexibility index (Phi) is 6.49. The fraction of sp³-hybridized carbons (Fsp3) is 0.130. The van der Waals surface area contributed by atoms with Gasteiger partial charge in [-0.25, -0.2) is 9.67 Å². The summed E-state index contributed by atoms with van der Waals surface area (Å²) in [5, 5.41) is 16.4. The van der Waals surface area contributed by atoms with Gasteiger partial charge in [0.15, 0.2) is 23.0 Å². The highest BCUT2D eigenvalue weighted by atomic mass is 35.5. The van der Waals surface area contributed by atoms with Crippen LogP contribution in [0.3, 0.4) is 0 Å². The Bertz CT molecular complexity index is 1260. The van der Waals surface area contributed by atoms with E-state index in [2.05, 4.69) is 21.5 Å². The Morgan fingerprint density at radius 2 is 2.12 bits per heavy atom. The predicted octanol–water partition coefficient (Wildman–Crippen LogP) is 5.12. The summed E-state index contributed by atoms with van der Waals surface area (Å²) >= 11 is 6.14. The summed E-state index contributed by atoms with van der Waals surface area (Å²) in [6.45, 7) is 0.341. The lowest BCUT2D eigenvalue weighted by Crippen LogP contribution is -2.15. The van der Waals surface area contributed by atoms with Gasteiger partial charge in [-0.3, -0.25) is 4.79 Å². The molecule has 0 aliphatic carbocycles. The van der Waals surface area contributed by atoms with E-state index in [0.717, 1.165) is 0 Å². The zero-order valence-corrected chi connectivity index (χ0v) is 17.6. The molecular weight excluding hydrogens is 430 g/mol. The molecule has 3 heterocycles. The molecule has 0 unspecified atom stereocenters. The van der Waals surface area contributed by atoms with E-state index >= 15 is 0 Å². The number of ether oxygens (including phenoxy) is 1. The van der Waals surface area contributed by atoms with Crippen molar-refractivity contribution in [2.45, 2.75) is 12.8 Å². The minimum absolute atomic E-state index is 0.164. The number of rotatable bonds is 8. The molecule has 0 saturated heterocycles. The van der Waals surface area contributed by atoms with Gasteiger partial charge >= 0.3 is 0 Å². The van der Waals surface area contributed by atoms with Crippen LogP contribution in [0, 0.1) is 11.3 Å². The van der Waals surface area contributed by atoms with Crippen LogP contribution in [0.4, 0.5) is 5.82 Å². The number of furan rings is 1. The summed E-state index contributed by atoms with van der Waals surface area (Å²) in [5.41, 5.74) is 1.44. The Balaban J connectivity index is 1.62. The van der Waals surface area contributed by atoms with Crippen LogP contribution in [0.25, 0.3) is 17.1 Å². The maximum absolute atomic E-state index is 13.0. The Morgan fingerprint density at radius 3 is 2.91 bits per heavy atom. The molecule has 0 saturated carbocycles. The van der Waals surface area contributed by atoms with E-state index in [0.29, 0.717) is 47.4 Å². The number of hydrogen-bond acceptors (Lipinski definition) is 6. The zero-order chi connectivity index (χ0) is 22.3. The standard InChI is InChI=1S/C23H18ClN5O3/c24-16-6-3-7-17(14-16)29-19(20-9-5-13-31-20)15-18(28-29)23(30)27-22-21(8-4-11-26-22)32-12-2-1-10-25/h3-9,11,13-15H,1-2,12H2,(H,26,27,30). The number of pyridine rings is 1. The molecule has 0 spiro atoms. The van der Waals surface area contributed by atoms with Crippen molar-refractivity contribution in [3.63, 3.8) is 0 Å². The molecule has 0 atom stereocenters. The van der Waals surface area contributed by atoms with Crippen molar-refractivity contribution in [2.75, 3.05) is 11.9 Å². The van der Waals surface area contributed by atoms with Gasteiger partial charge in [-0.15, -0.1) is 0 Å². The van der Waals surface area contributed by atoms with Gasteiger partial charge in [0.1, 0.15) is 5.69 Å². The number of anilines is 1. The third-order valence-electron chi connectivity index (χ3n) is 4.46. The molecule has 9 heteroatoms. The highest BCUT2D eigenvalue weighted by Gasteiger charge is 2.20. The normalized spacial score (nSPS) is 10.5. The average Bonchev–Trinajstić information content (AvgIpc) is 3.48. The number of amides is 1. The first-order valence-electron chi connectivity index (χ1n) is 9.81. The van der Waals surface area contributed by atoms with Crippen molar-refractivity contribution < 1.29 is 13.9 Å². The number of benzene rings is 1. The minimum atomic E-state index is -0.459. The maximum atomic E-state index is 13.0. The molecule has 0 radical (unpaired) electrons. The van der Waals surface area contributed by atoms with Gasteiger partial charge < -0.3 is 14.5 Å². The molecule has 8 nitrogen and oxygen atoms in total. The summed E-state index contributed by atoms with van der Waals surface area (Å²) in [7, 11) is 0. The van der Waals surface area contributed by atoms with Crippen molar-refractivity contribution >= 4 is 23.3 Å². The topological polar surface area (TPSA) is 106 Å². The van der Waals surface area contributed by atoms with Gasteiger partial charge in [0.05, 0.1) is 24.6 Å². The van der Waals surface area contributed by atoms with Crippen LogP contribution in [0.1, 0.15) is 23.3 Å². The lowest BCUT2D eigenvalue weighted by atomic mass is 10.2. The number of carbonyl (C=O) groups is 1. The molecule has 4 aromatic rings. The lowest BCUT2D eigenvalue weighted by molar-refractivity contribution is 0.102. The van der Waals surface area contributed by atoms with E-state index in [1.54, 1.807) is 65.7 Å². The summed E-state index contributed by atoms with van der Waals surface area (Å²) in [5.74, 6) is 0.778. The van der Waals surface area contributed by atoms with Crippen LogP contribution in [-0.2, 0) is 0 Å². The highest BCUT2D eigenvalue weighted by Crippen LogP contribution is 2.27. The van der Waals surface area contributed by atoms with Gasteiger partial charge in [-0.1, -0.05) is 17.7 Å². The van der Waals surface area contributed by atoms with E-state index in [4.69, 9.17) is 26.0 Å². The van der Waals surface area contributed by atoms with Crippen LogP contribution < -0.4 is 10.1 Å². The second-order valence-corrected chi connectivity index (χ2v) is 7.13. The van der Waals surface area contributed by atoms with Crippen molar-refractivity contribution in [1.82, 2.24) is 14.8 Å². The third-order valence-corrected chi connectivity index (χ3v) is 4.70. The summed E-state index contributed by atoms with van der Waals surface area (Å²) < 4.78 is 12.8. The summed E-state index contributed by atoms with van der Waals surface area (Å²) in [6, 6.07) is 17.8. The van der Waals surface area contributed by atoms with Crippen LogP contribution in [0.2, 0.25) is 5.02 Å². The molecule has 4 rings (SSSR count). The van der Waals surface area contributed by atoms with Gasteiger partial charge in [0.2, 0.25) is 0 Å². The first kappa shape index (κ1) is 21.2. The Labute approximate surface area is 189 Å². The van der Waals surface area contributed by atoms with Crippen molar-refractivity contribution in [2.24, 2.45) is 0 Å². The quantitative estimate of drug-likeness (QED) is 0.376. The molecule has 32 heavy (non-hydrogen) atoms. The number of hydrogen-bond donors (Lipinski definition) is 1. The van der Waals surface area contributed by atoms with Gasteiger partial charge in [-0.05, 0) is 48.9 Å². The smallest absolute Gasteiger partial charge is 0.277 e. The van der Waals surface area contributed by atoms with E-state index in [-0.39, 0.29) is 11.5 Å². The first-order valence-corrected chi connectivity index (χ1v) is 10.2. The largest absolute Gasteiger partial charge is 0.490 e. The number of nitrogens with one attached hydrogen (secondary N) is 1. The summed E-state index contributed by atoms with van der Waals surface area (Å²) in [4.78, 5) is 17.2. The van der Waals surface area contributed by atoms with Crippen molar-refractivity contribution in [3.8, 4) is 29.0 Å². The second kappa shape index (κ2) is 9.81. The molecule has 1 aromatic carbocycles. The molecule has 1 N–H and O–H groups in total. The van der Waals surface area contributed by atoms with Crippen LogP contribution in [0.5, 0.6) is 5.75 Å². The average molecular weight is 448 g/mol. The van der Waals surface area contributed by atoms with E-state index in [1.807, 2.05) is 6.07 Å². The van der Waals surface area contributed by atoms with E-state index < -0.39 is 5.91 Å². The van der Waals surface area contributed by atoms with Crippen LogP contribution in [0.15, 0.2) is 71.5 Å². The fourth-order valence-electron chi connectivity index (χ4n) is 3.00. The summed E-state index contributed by atoms with van der Waals surface area (Å²) in [6.07, 6.45) is 4.07. The van der Waals surface area contributed by atoms with E-state index in [9.17, 15) is 4.79 Å². The molecule has 0 aliphatic heterocycles. The van der Waals surface area contributed by atoms with Crippen LogP contribution >= 0.6 is 11.6 Å². The second-order valence-electron chi connectivity index (χ2n) is 6.70. The molecule has 0 bridgehead atoms. The number of nitrogens with zero attached hydrogens (tertiary/aromatic N) is 4. The monoisotopic (exact) mass is 447 g/mol. The molecule has 160 valence electrons. The van der Waals surface area contributed by atoms with Crippen molar-refractivity contribution in [3.05, 3.63) is 77.8 Å². The number of aromatic nitrogens is 3. The SMILES string of the molecule is N#CCCCOc1cccnc1NC(=O)c1cc(-c2ccco2)n(-c2cccc(Cl)c2)n1. The Hall–Kier alpha value is -4.09. The van der Waals surface area contributed by atoms with Gasteiger partial charge in [-0.2, -0.15) is 10.4 Å². The predicted molar refractivity (Wildman–Crippen MR) is 119 cm³/mol. The molecule has 0 fully saturated rings. The van der Waals surface area contributed by atoms with E-state index in [1.165, 1.54) is 0 Å². The first-order chi connectivity index (χ1) is 15.7. The van der Waals surface area contributed by atoms with Gasteiger partial charge in [0, 0.05) is 23.7 Å². The number of carbonyl (C=O) groups excluding carboxylic acids is 1. The molecular formula is C23H18ClN5O3. The number of nitriles is 1. The van der Waals surface area contributed by atoms with Crippen molar-refractivity contribution in [1.29, 1.82) is 5.26 Å². The minimum Gasteiger partial charge on any atom is -0.490 e.